The van der Waals surface area contributed by atoms with E-state index in [2.05, 4.69) is 49.0 Å². The summed E-state index contributed by atoms with van der Waals surface area (Å²) >= 11 is 0. The fraction of sp³-hybridized carbons (Fsp3) is 0.882. The summed E-state index contributed by atoms with van der Waals surface area (Å²) in [4.78, 5) is 5.13. The molecular weight excluding hydrogens is 246 g/mol. The highest BCUT2D eigenvalue weighted by molar-refractivity contribution is 4.95. The number of nitrogens with one attached hydrogen (secondary N) is 1. The minimum absolute atomic E-state index is 0.672. The lowest BCUT2D eigenvalue weighted by atomic mass is 10.0. The van der Waals surface area contributed by atoms with E-state index >= 15 is 0 Å². The van der Waals surface area contributed by atoms with Gasteiger partial charge >= 0.3 is 0 Å². The molecule has 3 heteroatoms. The number of allylic oxidation sites excluding steroid dienone is 1. The molecule has 1 heterocycles. The van der Waals surface area contributed by atoms with Crippen molar-refractivity contribution in [2.75, 3.05) is 33.2 Å². The maximum Gasteiger partial charge on any atom is 0.0192 e. The number of likely N-dealkylation sites (N-methyl/N-ethyl adjacent to an activating group) is 1. The normalized spacial score (nSPS) is 23.1. The molecule has 1 saturated carbocycles. The molecule has 2 aliphatic rings. The highest BCUT2D eigenvalue weighted by Gasteiger charge is 2.29. The molecule has 1 aliphatic heterocycles. The van der Waals surface area contributed by atoms with E-state index in [1.54, 1.807) is 0 Å². The SMILES string of the molecule is CC(C)=CCN1CCC(NCC(C)N(C)C2CC2)CC1. The lowest BCUT2D eigenvalue weighted by Crippen LogP contribution is -2.47. The molecule has 1 unspecified atom stereocenters. The van der Waals surface area contributed by atoms with Gasteiger partial charge < -0.3 is 5.32 Å². The second-order valence-electron chi connectivity index (χ2n) is 7.01. The molecule has 1 saturated heterocycles. The highest BCUT2D eigenvalue weighted by atomic mass is 15.2. The molecule has 3 nitrogen and oxygen atoms in total. The predicted octanol–water partition coefficient (Wildman–Crippen LogP) is 2.49. The van der Waals surface area contributed by atoms with E-state index < -0.39 is 0 Å². The Morgan fingerprint density at radius 2 is 1.90 bits per heavy atom. The van der Waals surface area contributed by atoms with Gasteiger partial charge in [0.25, 0.3) is 0 Å². The minimum atomic E-state index is 0.672. The number of piperidine rings is 1. The molecule has 0 bridgehead atoms. The van der Waals surface area contributed by atoms with E-state index in [1.165, 1.54) is 44.3 Å². The maximum atomic E-state index is 3.79. The molecule has 0 spiro atoms. The van der Waals surface area contributed by atoms with Crippen molar-refractivity contribution in [2.45, 2.75) is 64.6 Å². The van der Waals surface area contributed by atoms with Gasteiger partial charge in [-0.3, -0.25) is 9.80 Å². The third-order valence-corrected chi connectivity index (χ3v) is 4.87. The smallest absolute Gasteiger partial charge is 0.0192 e. The first-order valence-electron chi connectivity index (χ1n) is 8.37. The van der Waals surface area contributed by atoms with Gasteiger partial charge in [0.1, 0.15) is 0 Å². The second kappa shape index (κ2) is 7.58. The van der Waals surface area contributed by atoms with Gasteiger partial charge in [0.05, 0.1) is 0 Å². The fourth-order valence-electron chi connectivity index (χ4n) is 2.95. The summed E-state index contributed by atoms with van der Waals surface area (Å²) in [6.45, 7) is 11.5. The van der Waals surface area contributed by atoms with Crippen molar-refractivity contribution >= 4 is 0 Å². The molecule has 0 aromatic heterocycles. The van der Waals surface area contributed by atoms with Crippen molar-refractivity contribution in [1.82, 2.24) is 15.1 Å². The average molecular weight is 279 g/mol. The molecule has 0 amide bonds. The zero-order valence-corrected chi connectivity index (χ0v) is 13.9. The zero-order chi connectivity index (χ0) is 14.5. The van der Waals surface area contributed by atoms with Crippen LogP contribution in [0.25, 0.3) is 0 Å². The molecule has 0 radical (unpaired) electrons. The van der Waals surface area contributed by atoms with Crippen LogP contribution in [0.3, 0.4) is 0 Å². The number of hydrogen-bond acceptors (Lipinski definition) is 3. The monoisotopic (exact) mass is 279 g/mol. The van der Waals surface area contributed by atoms with Crippen molar-refractivity contribution in [3.63, 3.8) is 0 Å². The van der Waals surface area contributed by atoms with Gasteiger partial charge in [0.15, 0.2) is 0 Å². The van der Waals surface area contributed by atoms with Crippen molar-refractivity contribution in [3.05, 3.63) is 11.6 Å². The zero-order valence-electron chi connectivity index (χ0n) is 13.9. The Hall–Kier alpha value is -0.380. The lowest BCUT2D eigenvalue weighted by molar-refractivity contribution is 0.194. The van der Waals surface area contributed by atoms with Gasteiger partial charge in [-0.25, -0.2) is 0 Å². The van der Waals surface area contributed by atoms with Crippen molar-refractivity contribution in [3.8, 4) is 0 Å². The van der Waals surface area contributed by atoms with Gasteiger partial charge in [-0.1, -0.05) is 11.6 Å². The summed E-state index contributed by atoms with van der Waals surface area (Å²) < 4.78 is 0. The summed E-state index contributed by atoms with van der Waals surface area (Å²) in [7, 11) is 2.28. The van der Waals surface area contributed by atoms with Crippen molar-refractivity contribution < 1.29 is 0 Å². The number of likely N-dealkylation sites (tertiary alicyclic amines) is 1. The first-order chi connectivity index (χ1) is 9.56. The van der Waals surface area contributed by atoms with E-state index in [-0.39, 0.29) is 0 Å². The Kier molecular flexibility index (Phi) is 6.06. The van der Waals surface area contributed by atoms with Crippen LogP contribution in [-0.2, 0) is 0 Å². The van der Waals surface area contributed by atoms with Crippen LogP contribution in [0, 0.1) is 0 Å². The van der Waals surface area contributed by atoms with Gasteiger partial charge in [-0.05, 0) is 66.6 Å². The van der Waals surface area contributed by atoms with Gasteiger partial charge in [-0.2, -0.15) is 0 Å². The molecule has 1 N–H and O–H groups in total. The summed E-state index contributed by atoms with van der Waals surface area (Å²) in [5.74, 6) is 0. The number of rotatable bonds is 7. The van der Waals surface area contributed by atoms with E-state index in [0.717, 1.165) is 25.2 Å². The van der Waals surface area contributed by atoms with Crippen molar-refractivity contribution in [1.29, 1.82) is 0 Å². The van der Waals surface area contributed by atoms with Crippen LogP contribution in [0.2, 0.25) is 0 Å². The molecule has 2 fully saturated rings. The first kappa shape index (κ1) is 16.0. The second-order valence-corrected chi connectivity index (χ2v) is 7.01. The third kappa shape index (κ3) is 5.19. The van der Waals surface area contributed by atoms with Crippen LogP contribution in [0.5, 0.6) is 0 Å². The summed E-state index contributed by atoms with van der Waals surface area (Å²) in [6.07, 6.45) is 7.76. The Labute approximate surface area is 125 Å². The van der Waals surface area contributed by atoms with Crippen LogP contribution < -0.4 is 5.32 Å². The van der Waals surface area contributed by atoms with Gasteiger partial charge in [-0.15, -0.1) is 0 Å². The molecule has 116 valence electrons. The quantitative estimate of drug-likeness (QED) is 0.722. The molecule has 1 atom stereocenters. The van der Waals surface area contributed by atoms with Crippen LogP contribution in [0.15, 0.2) is 11.6 Å². The Bertz CT molecular complexity index is 310. The number of hydrogen-bond donors (Lipinski definition) is 1. The average Bonchev–Trinajstić information content (AvgIpc) is 3.27. The molecule has 20 heavy (non-hydrogen) atoms. The van der Waals surface area contributed by atoms with E-state index in [1.807, 2.05) is 0 Å². The summed E-state index contributed by atoms with van der Waals surface area (Å²) in [5, 5.41) is 3.79. The van der Waals surface area contributed by atoms with Crippen LogP contribution >= 0.6 is 0 Å². The standard InChI is InChI=1S/C17H33N3/c1-14(2)7-10-20-11-8-16(9-12-20)18-13-15(3)19(4)17-5-6-17/h7,15-18H,5-6,8-13H2,1-4H3. The topological polar surface area (TPSA) is 18.5 Å². The molecule has 1 aliphatic carbocycles. The van der Waals surface area contributed by atoms with E-state index in [9.17, 15) is 0 Å². The summed E-state index contributed by atoms with van der Waals surface area (Å²) in [6, 6.07) is 2.27. The number of nitrogens with zero attached hydrogens (tertiary/aromatic N) is 2. The van der Waals surface area contributed by atoms with Crippen LogP contribution in [0.1, 0.15) is 46.5 Å². The van der Waals surface area contributed by atoms with Crippen molar-refractivity contribution in [2.24, 2.45) is 0 Å². The Morgan fingerprint density at radius 1 is 1.25 bits per heavy atom. The largest absolute Gasteiger partial charge is 0.312 e. The molecule has 0 aromatic carbocycles. The lowest BCUT2D eigenvalue weighted by Gasteiger charge is -2.33. The van der Waals surface area contributed by atoms with Crippen LogP contribution in [-0.4, -0.2) is 61.2 Å². The molecule has 0 aromatic rings. The van der Waals surface area contributed by atoms with Gasteiger partial charge in [0.2, 0.25) is 0 Å². The molecular formula is C17H33N3. The van der Waals surface area contributed by atoms with Gasteiger partial charge in [0, 0.05) is 31.2 Å². The maximum absolute atomic E-state index is 3.79. The van der Waals surface area contributed by atoms with E-state index in [4.69, 9.17) is 0 Å². The van der Waals surface area contributed by atoms with E-state index in [0.29, 0.717) is 6.04 Å². The Balaban J connectivity index is 1.60. The fourth-order valence-corrected chi connectivity index (χ4v) is 2.95. The first-order valence-corrected chi connectivity index (χ1v) is 8.37. The highest BCUT2D eigenvalue weighted by Crippen LogP contribution is 2.26. The Morgan fingerprint density at radius 3 is 2.45 bits per heavy atom. The predicted molar refractivity (Wildman–Crippen MR) is 87.1 cm³/mol. The summed E-state index contributed by atoms with van der Waals surface area (Å²) in [5.41, 5.74) is 1.43. The third-order valence-electron chi connectivity index (χ3n) is 4.87. The molecule has 2 rings (SSSR count). The van der Waals surface area contributed by atoms with Crippen LogP contribution in [0.4, 0.5) is 0 Å². The minimum Gasteiger partial charge on any atom is -0.312 e.